The second-order valence-electron chi connectivity index (χ2n) is 5.90. The average molecular weight is 383 g/mol. The molecule has 0 bridgehead atoms. The number of nitrogens with zero attached hydrogens (tertiary/aromatic N) is 2. The molecule has 2 aromatic carbocycles. The van der Waals surface area contributed by atoms with Gasteiger partial charge < -0.3 is 15.4 Å². The third kappa shape index (κ3) is 4.74. The number of hydrogen-bond donors (Lipinski definition) is 2. The van der Waals surface area contributed by atoms with E-state index in [2.05, 4.69) is 20.6 Å². The minimum Gasteiger partial charge on any atom is -0.495 e. The number of aryl methyl sites for hydroxylation is 1. The number of carbonyl (C=O) groups is 1. The number of rotatable bonds is 6. The molecule has 2 N–H and O–H groups in total. The topological polar surface area (TPSA) is 76.1 Å². The summed E-state index contributed by atoms with van der Waals surface area (Å²) in [6.07, 6.45) is 2.94. The Labute approximate surface area is 162 Å². The molecule has 0 radical (unpaired) electrons. The van der Waals surface area contributed by atoms with Crippen molar-refractivity contribution >= 4 is 29.1 Å². The molecule has 0 fully saturated rings. The van der Waals surface area contributed by atoms with E-state index in [1.807, 2.05) is 43.3 Å². The van der Waals surface area contributed by atoms with Crippen LogP contribution in [0.1, 0.15) is 21.5 Å². The molecule has 0 saturated heterocycles. The summed E-state index contributed by atoms with van der Waals surface area (Å²) >= 11 is 6.09. The molecule has 1 aromatic heterocycles. The predicted molar refractivity (Wildman–Crippen MR) is 106 cm³/mol. The Morgan fingerprint density at radius 2 is 1.89 bits per heavy atom. The van der Waals surface area contributed by atoms with Crippen LogP contribution in [0.5, 0.6) is 5.75 Å². The number of ether oxygens (including phenoxy) is 1. The van der Waals surface area contributed by atoms with Gasteiger partial charge >= 0.3 is 0 Å². The van der Waals surface area contributed by atoms with E-state index in [1.54, 1.807) is 13.2 Å². The van der Waals surface area contributed by atoms with Gasteiger partial charge in [-0.1, -0.05) is 35.9 Å². The average Bonchev–Trinajstić information content (AvgIpc) is 2.68. The highest BCUT2D eigenvalue weighted by Crippen LogP contribution is 2.27. The first-order valence-corrected chi connectivity index (χ1v) is 8.70. The Morgan fingerprint density at radius 1 is 1.15 bits per heavy atom. The first-order chi connectivity index (χ1) is 13.1. The van der Waals surface area contributed by atoms with Crippen molar-refractivity contribution in [1.82, 2.24) is 15.3 Å². The maximum Gasteiger partial charge on any atom is 0.254 e. The SMILES string of the molecule is COc1ccc(C)cc1Nc1ncc(C(=O)NCc2ccccc2Cl)cn1. The molecule has 3 aromatic rings. The van der Waals surface area contributed by atoms with Crippen LogP contribution in [0.3, 0.4) is 0 Å². The highest BCUT2D eigenvalue weighted by atomic mass is 35.5. The zero-order valence-electron chi connectivity index (χ0n) is 15.0. The van der Waals surface area contributed by atoms with Crippen molar-refractivity contribution in [3.8, 4) is 5.75 Å². The van der Waals surface area contributed by atoms with Crippen LogP contribution < -0.4 is 15.4 Å². The van der Waals surface area contributed by atoms with E-state index in [0.717, 1.165) is 16.8 Å². The molecule has 27 heavy (non-hydrogen) atoms. The Bertz CT molecular complexity index is 945. The quantitative estimate of drug-likeness (QED) is 0.670. The van der Waals surface area contributed by atoms with Crippen LogP contribution >= 0.6 is 11.6 Å². The summed E-state index contributed by atoms with van der Waals surface area (Å²) < 4.78 is 5.33. The second-order valence-corrected chi connectivity index (χ2v) is 6.31. The number of aromatic nitrogens is 2. The van der Waals surface area contributed by atoms with Gasteiger partial charge in [0.1, 0.15) is 5.75 Å². The van der Waals surface area contributed by atoms with Gasteiger partial charge in [-0.25, -0.2) is 9.97 Å². The third-order valence-electron chi connectivity index (χ3n) is 3.91. The summed E-state index contributed by atoms with van der Waals surface area (Å²) in [5, 5.41) is 6.52. The van der Waals surface area contributed by atoms with E-state index < -0.39 is 0 Å². The fourth-order valence-electron chi connectivity index (χ4n) is 2.47. The van der Waals surface area contributed by atoms with Gasteiger partial charge in [0.25, 0.3) is 5.91 Å². The number of nitrogens with one attached hydrogen (secondary N) is 2. The first-order valence-electron chi connectivity index (χ1n) is 8.32. The fourth-order valence-corrected chi connectivity index (χ4v) is 2.67. The van der Waals surface area contributed by atoms with Crippen LogP contribution in [-0.2, 0) is 6.54 Å². The molecular formula is C20H19ClN4O2. The Hall–Kier alpha value is -3.12. The lowest BCUT2D eigenvalue weighted by atomic mass is 10.2. The van der Waals surface area contributed by atoms with Crippen LogP contribution in [0.4, 0.5) is 11.6 Å². The minimum atomic E-state index is -0.269. The number of anilines is 2. The Morgan fingerprint density at radius 3 is 2.59 bits per heavy atom. The summed E-state index contributed by atoms with van der Waals surface area (Å²) in [7, 11) is 1.60. The standard InChI is InChI=1S/C20H19ClN4O2/c1-13-7-8-18(27-2)17(9-13)25-20-23-11-15(12-24-20)19(26)22-10-14-5-3-4-6-16(14)21/h3-9,11-12H,10H2,1-2H3,(H,22,26)(H,23,24,25). The van der Waals surface area contributed by atoms with Crippen molar-refractivity contribution in [1.29, 1.82) is 0 Å². The molecule has 7 heteroatoms. The zero-order valence-corrected chi connectivity index (χ0v) is 15.7. The van der Waals surface area contributed by atoms with Crippen molar-refractivity contribution < 1.29 is 9.53 Å². The monoisotopic (exact) mass is 382 g/mol. The largest absolute Gasteiger partial charge is 0.495 e. The van der Waals surface area contributed by atoms with Crippen LogP contribution in [0.25, 0.3) is 0 Å². The van der Waals surface area contributed by atoms with Crippen molar-refractivity contribution in [2.75, 3.05) is 12.4 Å². The lowest BCUT2D eigenvalue weighted by molar-refractivity contribution is 0.0950. The minimum absolute atomic E-state index is 0.269. The molecule has 0 aliphatic heterocycles. The van der Waals surface area contributed by atoms with Crippen LogP contribution in [0, 0.1) is 6.92 Å². The molecule has 0 atom stereocenters. The number of hydrogen-bond acceptors (Lipinski definition) is 5. The summed E-state index contributed by atoms with van der Waals surface area (Å²) in [6, 6.07) is 13.1. The first kappa shape index (κ1) is 18.7. The number of amides is 1. The third-order valence-corrected chi connectivity index (χ3v) is 4.28. The summed E-state index contributed by atoms with van der Waals surface area (Å²) in [4.78, 5) is 20.7. The highest BCUT2D eigenvalue weighted by molar-refractivity contribution is 6.31. The molecule has 0 aliphatic carbocycles. The molecule has 0 spiro atoms. The lowest BCUT2D eigenvalue weighted by Gasteiger charge is -2.11. The van der Waals surface area contributed by atoms with Gasteiger partial charge in [-0.2, -0.15) is 0 Å². The molecule has 1 heterocycles. The molecule has 3 rings (SSSR count). The van der Waals surface area contributed by atoms with Gasteiger partial charge in [0, 0.05) is 24.0 Å². The lowest BCUT2D eigenvalue weighted by Crippen LogP contribution is -2.23. The molecule has 0 saturated carbocycles. The normalized spacial score (nSPS) is 10.3. The number of carbonyl (C=O) groups excluding carboxylic acids is 1. The smallest absolute Gasteiger partial charge is 0.254 e. The van der Waals surface area contributed by atoms with Gasteiger partial charge in [-0.3, -0.25) is 4.79 Å². The zero-order chi connectivity index (χ0) is 19.2. The molecule has 0 unspecified atom stereocenters. The van der Waals surface area contributed by atoms with E-state index in [1.165, 1.54) is 12.4 Å². The van der Waals surface area contributed by atoms with Gasteiger partial charge in [0.2, 0.25) is 5.95 Å². The number of methoxy groups -OCH3 is 1. The Balaban J connectivity index is 1.65. The molecule has 138 valence electrons. The Kier molecular flexibility index (Phi) is 5.88. The summed E-state index contributed by atoms with van der Waals surface area (Å²) in [6.45, 7) is 2.32. The van der Waals surface area contributed by atoms with Crippen LogP contribution in [0.2, 0.25) is 5.02 Å². The molecule has 1 amide bonds. The van der Waals surface area contributed by atoms with E-state index in [9.17, 15) is 4.79 Å². The van der Waals surface area contributed by atoms with Gasteiger partial charge in [0.05, 0.1) is 18.4 Å². The molecule has 0 aliphatic rings. The van der Waals surface area contributed by atoms with Crippen LogP contribution in [0.15, 0.2) is 54.9 Å². The number of benzene rings is 2. The predicted octanol–water partition coefficient (Wildman–Crippen LogP) is 4.12. The van der Waals surface area contributed by atoms with Crippen LogP contribution in [-0.4, -0.2) is 23.0 Å². The van der Waals surface area contributed by atoms with Crippen molar-refractivity contribution in [2.24, 2.45) is 0 Å². The maximum absolute atomic E-state index is 12.3. The molecular weight excluding hydrogens is 364 g/mol. The van der Waals surface area contributed by atoms with Gasteiger partial charge in [-0.05, 0) is 36.2 Å². The summed E-state index contributed by atoms with van der Waals surface area (Å²) in [5.74, 6) is 0.793. The van der Waals surface area contributed by atoms with E-state index in [4.69, 9.17) is 16.3 Å². The van der Waals surface area contributed by atoms with Crippen molar-refractivity contribution in [3.05, 3.63) is 76.6 Å². The fraction of sp³-hybridized carbons (Fsp3) is 0.150. The summed E-state index contributed by atoms with van der Waals surface area (Å²) in [5.41, 5.74) is 3.05. The van der Waals surface area contributed by atoms with E-state index in [0.29, 0.717) is 28.8 Å². The number of halogens is 1. The van der Waals surface area contributed by atoms with Gasteiger partial charge in [-0.15, -0.1) is 0 Å². The van der Waals surface area contributed by atoms with Crippen molar-refractivity contribution in [3.63, 3.8) is 0 Å². The van der Waals surface area contributed by atoms with E-state index >= 15 is 0 Å². The highest BCUT2D eigenvalue weighted by Gasteiger charge is 2.10. The second kappa shape index (κ2) is 8.51. The van der Waals surface area contributed by atoms with Gasteiger partial charge in [0.15, 0.2) is 0 Å². The molecule has 6 nitrogen and oxygen atoms in total. The van der Waals surface area contributed by atoms with E-state index in [-0.39, 0.29) is 5.91 Å². The maximum atomic E-state index is 12.3. The van der Waals surface area contributed by atoms with Crippen molar-refractivity contribution in [2.45, 2.75) is 13.5 Å².